The molecule has 5 heteroatoms. The summed E-state index contributed by atoms with van der Waals surface area (Å²) in [5.41, 5.74) is 2.32. The molecule has 2 heterocycles. The highest BCUT2D eigenvalue weighted by Gasteiger charge is 2.25. The van der Waals surface area contributed by atoms with E-state index in [1.807, 2.05) is 30.5 Å². The molecule has 0 unspecified atom stereocenters. The van der Waals surface area contributed by atoms with E-state index in [4.69, 9.17) is 9.47 Å². The third-order valence-corrected chi connectivity index (χ3v) is 6.27. The van der Waals surface area contributed by atoms with Gasteiger partial charge in [-0.2, -0.15) is 0 Å². The fraction of sp³-hybridized carbons (Fsp3) is 0.520. The number of carbonyl (C=O) groups is 1. The number of aromatic nitrogens is 1. The van der Waals surface area contributed by atoms with Crippen molar-refractivity contribution in [2.45, 2.75) is 58.0 Å². The molecule has 2 aromatic rings. The number of benzene rings is 1. The first-order valence-corrected chi connectivity index (χ1v) is 11.2. The predicted molar refractivity (Wildman–Crippen MR) is 118 cm³/mol. The molecule has 5 nitrogen and oxygen atoms in total. The van der Waals surface area contributed by atoms with Crippen LogP contribution < -0.4 is 14.4 Å². The number of hydrogen-bond acceptors (Lipinski definition) is 5. The van der Waals surface area contributed by atoms with E-state index in [0.717, 1.165) is 43.4 Å². The Labute approximate surface area is 179 Å². The van der Waals surface area contributed by atoms with Gasteiger partial charge in [0, 0.05) is 37.3 Å². The van der Waals surface area contributed by atoms with Crippen molar-refractivity contribution in [2.75, 3.05) is 24.6 Å². The van der Waals surface area contributed by atoms with Gasteiger partial charge in [-0.05, 0) is 55.4 Å². The maximum Gasteiger partial charge on any atom is 0.215 e. The van der Waals surface area contributed by atoms with E-state index in [-0.39, 0.29) is 17.8 Å². The van der Waals surface area contributed by atoms with Crippen LogP contribution in [0.25, 0.3) is 0 Å². The van der Waals surface area contributed by atoms with Crippen LogP contribution in [0.2, 0.25) is 0 Å². The normalized spacial score (nSPS) is 19.9. The molecule has 0 radical (unpaired) electrons. The van der Waals surface area contributed by atoms with Crippen molar-refractivity contribution >= 4 is 11.5 Å². The minimum Gasteiger partial charge on any atom is -0.489 e. The van der Waals surface area contributed by atoms with E-state index in [1.54, 1.807) is 6.92 Å². The first-order valence-electron chi connectivity index (χ1n) is 11.2. The van der Waals surface area contributed by atoms with Crippen LogP contribution in [0.15, 0.2) is 42.6 Å². The largest absolute Gasteiger partial charge is 0.489 e. The standard InChI is InChI=1S/C25H32N2O3/c1-18(14-19(2)28)21-6-8-23(9-7-21)30-24-11-13-27(16-24)22-10-12-26-25(15-22)29-17-20-4-3-5-20/h6-10,12,15,18,20,24H,3-5,11,13-14,16-17H2,1-2H3/t18-,24-/m1/s1. The van der Waals surface area contributed by atoms with Crippen LogP contribution in [0, 0.1) is 5.92 Å². The average molecular weight is 409 g/mol. The highest BCUT2D eigenvalue weighted by molar-refractivity contribution is 5.76. The molecule has 0 bridgehead atoms. The first-order chi connectivity index (χ1) is 14.6. The Balaban J connectivity index is 1.29. The second-order valence-corrected chi connectivity index (χ2v) is 8.81. The molecule has 0 amide bonds. The number of ether oxygens (including phenoxy) is 2. The molecule has 1 aliphatic heterocycles. The Hall–Kier alpha value is -2.56. The van der Waals surface area contributed by atoms with Gasteiger partial charge in [-0.25, -0.2) is 4.98 Å². The van der Waals surface area contributed by atoms with Crippen molar-refractivity contribution in [2.24, 2.45) is 5.92 Å². The third kappa shape index (κ3) is 5.32. The molecule has 0 spiro atoms. The fourth-order valence-corrected chi connectivity index (χ4v) is 4.21. The number of rotatable bonds is 9. The summed E-state index contributed by atoms with van der Waals surface area (Å²) in [6.07, 6.45) is 7.46. The van der Waals surface area contributed by atoms with Gasteiger partial charge < -0.3 is 19.2 Å². The Kier molecular flexibility index (Phi) is 6.56. The first kappa shape index (κ1) is 20.7. The van der Waals surface area contributed by atoms with E-state index >= 15 is 0 Å². The quantitative estimate of drug-likeness (QED) is 0.584. The minimum atomic E-state index is 0.165. The maximum absolute atomic E-state index is 11.3. The Morgan fingerprint density at radius 1 is 1.20 bits per heavy atom. The summed E-state index contributed by atoms with van der Waals surface area (Å²) >= 11 is 0. The van der Waals surface area contributed by atoms with Gasteiger partial charge in [0.2, 0.25) is 5.88 Å². The second kappa shape index (κ2) is 9.50. The lowest BCUT2D eigenvalue weighted by Gasteiger charge is -2.25. The number of ketones is 1. The van der Waals surface area contributed by atoms with Crippen LogP contribution in [0.3, 0.4) is 0 Å². The zero-order chi connectivity index (χ0) is 20.9. The summed E-state index contributed by atoms with van der Waals surface area (Å²) < 4.78 is 12.1. The molecule has 160 valence electrons. The summed E-state index contributed by atoms with van der Waals surface area (Å²) in [4.78, 5) is 18.0. The van der Waals surface area contributed by atoms with Crippen molar-refractivity contribution in [3.8, 4) is 11.6 Å². The van der Waals surface area contributed by atoms with Crippen LogP contribution in [-0.4, -0.2) is 36.6 Å². The summed E-state index contributed by atoms with van der Waals surface area (Å²) in [6.45, 7) is 6.33. The number of pyridine rings is 1. The van der Waals surface area contributed by atoms with Crippen molar-refractivity contribution in [3.05, 3.63) is 48.2 Å². The van der Waals surface area contributed by atoms with Gasteiger partial charge in [-0.15, -0.1) is 0 Å². The number of carbonyl (C=O) groups excluding carboxylic acids is 1. The molecule has 1 aromatic carbocycles. The zero-order valence-electron chi connectivity index (χ0n) is 18.0. The van der Waals surface area contributed by atoms with Gasteiger partial charge in [-0.1, -0.05) is 25.5 Å². The van der Waals surface area contributed by atoms with Crippen LogP contribution in [0.5, 0.6) is 11.6 Å². The van der Waals surface area contributed by atoms with E-state index in [2.05, 4.69) is 28.9 Å². The van der Waals surface area contributed by atoms with Gasteiger partial charge in [0.1, 0.15) is 17.6 Å². The molecule has 2 atom stereocenters. The Morgan fingerprint density at radius 2 is 2.00 bits per heavy atom. The predicted octanol–water partition coefficient (Wildman–Crippen LogP) is 5.00. The van der Waals surface area contributed by atoms with Crippen LogP contribution >= 0.6 is 0 Å². The van der Waals surface area contributed by atoms with Crippen LogP contribution in [-0.2, 0) is 4.79 Å². The highest BCUT2D eigenvalue weighted by atomic mass is 16.5. The second-order valence-electron chi connectivity index (χ2n) is 8.81. The Morgan fingerprint density at radius 3 is 2.70 bits per heavy atom. The summed E-state index contributed by atoms with van der Waals surface area (Å²) in [6, 6.07) is 12.3. The molecule has 2 fully saturated rings. The number of hydrogen-bond donors (Lipinski definition) is 0. The third-order valence-electron chi connectivity index (χ3n) is 6.27. The SMILES string of the molecule is CC(=O)C[C@@H](C)c1ccc(O[C@@H]2CCN(c3ccnc(OCC4CCC4)c3)C2)cc1. The number of Topliss-reactive ketones (excluding diaryl/α,β-unsaturated/α-hetero) is 1. The van der Waals surface area contributed by atoms with Gasteiger partial charge in [0.15, 0.2) is 0 Å². The molecule has 2 aliphatic rings. The maximum atomic E-state index is 11.3. The van der Waals surface area contributed by atoms with Gasteiger partial charge in [-0.3, -0.25) is 0 Å². The van der Waals surface area contributed by atoms with Crippen molar-refractivity contribution in [1.29, 1.82) is 0 Å². The van der Waals surface area contributed by atoms with Gasteiger partial charge in [0.05, 0.1) is 13.2 Å². The molecule has 1 aromatic heterocycles. The lowest BCUT2D eigenvalue weighted by atomic mass is 9.86. The molecule has 4 rings (SSSR count). The van der Waals surface area contributed by atoms with Crippen LogP contribution in [0.1, 0.15) is 57.4 Å². The molecule has 1 saturated heterocycles. The van der Waals surface area contributed by atoms with E-state index in [1.165, 1.54) is 24.8 Å². The highest BCUT2D eigenvalue weighted by Crippen LogP contribution is 2.29. The van der Waals surface area contributed by atoms with Gasteiger partial charge >= 0.3 is 0 Å². The van der Waals surface area contributed by atoms with Crippen LogP contribution in [0.4, 0.5) is 5.69 Å². The molecular weight excluding hydrogens is 376 g/mol. The minimum absolute atomic E-state index is 0.165. The lowest BCUT2D eigenvalue weighted by Crippen LogP contribution is -2.24. The van der Waals surface area contributed by atoms with Gasteiger partial charge in [0.25, 0.3) is 0 Å². The van der Waals surface area contributed by atoms with E-state index in [9.17, 15) is 4.79 Å². The van der Waals surface area contributed by atoms with E-state index < -0.39 is 0 Å². The molecule has 30 heavy (non-hydrogen) atoms. The lowest BCUT2D eigenvalue weighted by molar-refractivity contribution is -0.117. The number of anilines is 1. The fourth-order valence-electron chi connectivity index (χ4n) is 4.21. The Bertz CT molecular complexity index is 848. The summed E-state index contributed by atoms with van der Waals surface area (Å²) in [7, 11) is 0. The number of nitrogens with zero attached hydrogens (tertiary/aromatic N) is 2. The van der Waals surface area contributed by atoms with Crippen molar-refractivity contribution < 1.29 is 14.3 Å². The van der Waals surface area contributed by atoms with Crippen molar-refractivity contribution in [1.82, 2.24) is 4.98 Å². The van der Waals surface area contributed by atoms with Crippen molar-refractivity contribution in [3.63, 3.8) is 0 Å². The molecule has 0 N–H and O–H groups in total. The summed E-state index contributed by atoms with van der Waals surface area (Å²) in [5.74, 6) is 2.78. The molecular formula is C25H32N2O3. The monoisotopic (exact) mass is 408 g/mol. The average Bonchev–Trinajstić information content (AvgIpc) is 3.16. The topological polar surface area (TPSA) is 51.7 Å². The summed E-state index contributed by atoms with van der Waals surface area (Å²) in [5, 5.41) is 0. The smallest absolute Gasteiger partial charge is 0.215 e. The van der Waals surface area contributed by atoms with E-state index in [0.29, 0.717) is 12.3 Å². The molecule has 1 aliphatic carbocycles. The molecule has 1 saturated carbocycles. The zero-order valence-corrected chi connectivity index (χ0v) is 18.0.